The van der Waals surface area contributed by atoms with Gasteiger partial charge in [-0.2, -0.15) is 0 Å². The van der Waals surface area contributed by atoms with Gasteiger partial charge < -0.3 is 9.64 Å². The van der Waals surface area contributed by atoms with Crippen molar-refractivity contribution >= 4 is 5.91 Å². The van der Waals surface area contributed by atoms with Crippen LogP contribution in [-0.2, 0) is 4.74 Å². The lowest BCUT2D eigenvalue weighted by molar-refractivity contribution is -0.0213. The second-order valence-corrected chi connectivity index (χ2v) is 6.12. The predicted octanol–water partition coefficient (Wildman–Crippen LogP) is 1.33. The summed E-state index contributed by atoms with van der Waals surface area (Å²) in [6.45, 7) is 6.46. The van der Waals surface area contributed by atoms with Gasteiger partial charge in [0.2, 0.25) is 0 Å². The van der Waals surface area contributed by atoms with Gasteiger partial charge in [0.1, 0.15) is 0 Å². The number of amides is 1. The third kappa shape index (κ3) is 2.68. The maximum atomic E-state index is 12.5. The molecule has 2 aliphatic heterocycles. The standard InChI is InChI=1S/C16H23N3O2/c1-13-3-4-14(11-17-13)15(20)18-7-5-16(12-18)6-8-19(16)9-10-21-2/h3-4,11H,5-10,12H2,1-2H3. The molecule has 21 heavy (non-hydrogen) atoms. The molecular weight excluding hydrogens is 266 g/mol. The molecule has 1 amide bonds. The minimum atomic E-state index is 0.109. The molecule has 3 rings (SSSR count). The molecule has 0 N–H and O–H groups in total. The smallest absolute Gasteiger partial charge is 0.255 e. The minimum Gasteiger partial charge on any atom is -0.383 e. The van der Waals surface area contributed by atoms with Crippen LogP contribution >= 0.6 is 0 Å². The van der Waals surface area contributed by atoms with Gasteiger partial charge in [-0.25, -0.2) is 0 Å². The van der Waals surface area contributed by atoms with Crippen LogP contribution in [0, 0.1) is 6.92 Å². The summed E-state index contributed by atoms with van der Waals surface area (Å²) >= 11 is 0. The van der Waals surface area contributed by atoms with E-state index in [1.807, 2.05) is 24.0 Å². The number of rotatable bonds is 4. The van der Waals surface area contributed by atoms with E-state index in [0.29, 0.717) is 5.56 Å². The van der Waals surface area contributed by atoms with Crippen molar-refractivity contribution in [2.45, 2.75) is 25.3 Å². The highest BCUT2D eigenvalue weighted by atomic mass is 16.5. The Morgan fingerprint density at radius 2 is 2.19 bits per heavy atom. The zero-order valence-electron chi connectivity index (χ0n) is 12.8. The number of carbonyl (C=O) groups excluding carboxylic acids is 1. The first kappa shape index (κ1) is 14.5. The SMILES string of the molecule is COCCN1CCC12CCN(C(=O)c1ccc(C)nc1)C2. The lowest BCUT2D eigenvalue weighted by Gasteiger charge is -2.50. The number of ether oxygens (including phenoxy) is 1. The Kier molecular flexibility index (Phi) is 3.95. The molecule has 5 heteroatoms. The van der Waals surface area contributed by atoms with E-state index in [4.69, 9.17) is 4.74 Å². The number of hydrogen-bond acceptors (Lipinski definition) is 4. The van der Waals surface area contributed by atoms with Crippen LogP contribution in [0.3, 0.4) is 0 Å². The van der Waals surface area contributed by atoms with Crippen molar-refractivity contribution in [3.8, 4) is 0 Å². The van der Waals surface area contributed by atoms with Crippen molar-refractivity contribution in [3.63, 3.8) is 0 Å². The van der Waals surface area contributed by atoms with Gasteiger partial charge in [0, 0.05) is 50.7 Å². The molecule has 1 atom stereocenters. The van der Waals surface area contributed by atoms with E-state index in [1.54, 1.807) is 13.3 Å². The highest BCUT2D eigenvalue weighted by molar-refractivity contribution is 5.94. The van der Waals surface area contributed by atoms with Gasteiger partial charge in [0.25, 0.3) is 5.91 Å². The van der Waals surface area contributed by atoms with Crippen LogP contribution in [0.15, 0.2) is 18.3 Å². The maximum absolute atomic E-state index is 12.5. The molecule has 1 spiro atoms. The molecule has 1 unspecified atom stereocenters. The van der Waals surface area contributed by atoms with Gasteiger partial charge in [-0.3, -0.25) is 14.7 Å². The van der Waals surface area contributed by atoms with Crippen molar-refractivity contribution in [1.29, 1.82) is 0 Å². The third-order valence-corrected chi connectivity index (χ3v) is 4.86. The van der Waals surface area contributed by atoms with Crippen molar-refractivity contribution < 1.29 is 9.53 Å². The Morgan fingerprint density at radius 3 is 2.81 bits per heavy atom. The quantitative estimate of drug-likeness (QED) is 0.839. The summed E-state index contributed by atoms with van der Waals surface area (Å²) in [5, 5.41) is 0. The summed E-state index contributed by atoms with van der Waals surface area (Å²) in [6, 6.07) is 3.77. The number of aryl methyl sites for hydroxylation is 1. The Bertz CT molecular complexity index is 517. The molecule has 0 aromatic carbocycles. The Morgan fingerprint density at radius 1 is 1.38 bits per heavy atom. The molecular formula is C16H23N3O2. The van der Waals surface area contributed by atoms with Gasteiger partial charge in [0.15, 0.2) is 0 Å². The fourth-order valence-corrected chi connectivity index (χ4v) is 3.41. The Balaban J connectivity index is 1.64. The lowest BCUT2D eigenvalue weighted by Crippen LogP contribution is -2.62. The number of hydrogen-bond donors (Lipinski definition) is 0. The normalized spacial score (nSPS) is 25.3. The summed E-state index contributed by atoms with van der Waals surface area (Å²) < 4.78 is 5.18. The van der Waals surface area contributed by atoms with Gasteiger partial charge in [-0.15, -0.1) is 0 Å². The van der Waals surface area contributed by atoms with E-state index >= 15 is 0 Å². The second kappa shape index (κ2) is 5.73. The molecule has 0 bridgehead atoms. The molecule has 5 nitrogen and oxygen atoms in total. The first-order valence-electron chi connectivity index (χ1n) is 7.60. The number of likely N-dealkylation sites (tertiary alicyclic amines) is 2. The van der Waals surface area contributed by atoms with Crippen LogP contribution in [0.2, 0.25) is 0 Å². The van der Waals surface area contributed by atoms with Crippen molar-refractivity contribution in [2.24, 2.45) is 0 Å². The molecule has 3 heterocycles. The van der Waals surface area contributed by atoms with Gasteiger partial charge in [-0.05, 0) is 31.9 Å². The van der Waals surface area contributed by atoms with E-state index in [0.717, 1.165) is 44.9 Å². The number of carbonyl (C=O) groups is 1. The van der Waals surface area contributed by atoms with Gasteiger partial charge >= 0.3 is 0 Å². The Hall–Kier alpha value is -1.46. The van der Waals surface area contributed by atoms with E-state index in [2.05, 4.69) is 9.88 Å². The Labute approximate surface area is 125 Å². The van der Waals surface area contributed by atoms with Gasteiger partial charge in [-0.1, -0.05) is 0 Å². The first-order chi connectivity index (χ1) is 10.1. The molecule has 0 aliphatic carbocycles. The van der Waals surface area contributed by atoms with Crippen LogP contribution in [0.4, 0.5) is 0 Å². The number of methoxy groups -OCH3 is 1. The highest BCUT2D eigenvalue weighted by Gasteiger charge is 2.49. The monoisotopic (exact) mass is 289 g/mol. The minimum absolute atomic E-state index is 0.109. The topological polar surface area (TPSA) is 45.7 Å². The van der Waals surface area contributed by atoms with Crippen molar-refractivity contribution in [1.82, 2.24) is 14.8 Å². The van der Waals surface area contributed by atoms with E-state index < -0.39 is 0 Å². The van der Waals surface area contributed by atoms with Crippen molar-refractivity contribution in [2.75, 3.05) is 39.9 Å². The van der Waals surface area contributed by atoms with Crippen LogP contribution in [0.25, 0.3) is 0 Å². The summed E-state index contributed by atoms with van der Waals surface area (Å²) in [5.41, 5.74) is 1.83. The van der Waals surface area contributed by atoms with Crippen LogP contribution in [0.1, 0.15) is 28.9 Å². The number of nitrogens with zero attached hydrogens (tertiary/aromatic N) is 3. The van der Waals surface area contributed by atoms with Gasteiger partial charge in [0.05, 0.1) is 12.2 Å². The zero-order valence-corrected chi connectivity index (χ0v) is 12.8. The molecule has 0 saturated carbocycles. The van der Waals surface area contributed by atoms with Crippen LogP contribution in [-0.4, -0.2) is 66.1 Å². The lowest BCUT2D eigenvalue weighted by atomic mass is 9.84. The van der Waals surface area contributed by atoms with Crippen LogP contribution < -0.4 is 0 Å². The molecule has 1 aromatic rings. The molecule has 2 aliphatic rings. The summed E-state index contributed by atoms with van der Waals surface area (Å²) in [7, 11) is 1.74. The fourth-order valence-electron chi connectivity index (χ4n) is 3.41. The van der Waals surface area contributed by atoms with E-state index in [-0.39, 0.29) is 11.4 Å². The molecule has 1 aromatic heterocycles. The zero-order chi connectivity index (χ0) is 14.9. The van der Waals surface area contributed by atoms with Crippen molar-refractivity contribution in [3.05, 3.63) is 29.6 Å². The van der Waals surface area contributed by atoms with E-state index in [1.165, 1.54) is 6.42 Å². The van der Waals surface area contributed by atoms with E-state index in [9.17, 15) is 4.79 Å². The van der Waals surface area contributed by atoms with Crippen LogP contribution in [0.5, 0.6) is 0 Å². The largest absolute Gasteiger partial charge is 0.383 e. The molecule has 2 fully saturated rings. The average Bonchev–Trinajstić information content (AvgIpc) is 2.94. The molecule has 114 valence electrons. The average molecular weight is 289 g/mol. The maximum Gasteiger partial charge on any atom is 0.255 e. The highest BCUT2D eigenvalue weighted by Crippen LogP contribution is 2.39. The number of pyridine rings is 1. The summed E-state index contributed by atoms with van der Waals surface area (Å²) in [4.78, 5) is 21.2. The first-order valence-corrected chi connectivity index (χ1v) is 7.60. The number of aromatic nitrogens is 1. The third-order valence-electron chi connectivity index (χ3n) is 4.86. The summed E-state index contributed by atoms with van der Waals surface area (Å²) in [5.74, 6) is 0.109. The molecule has 0 radical (unpaired) electrons. The molecule has 2 saturated heterocycles. The second-order valence-electron chi connectivity index (χ2n) is 6.12. The predicted molar refractivity (Wildman–Crippen MR) is 80.3 cm³/mol. The fraction of sp³-hybridized carbons (Fsp3) is 0.625. The summed E-state index contributed by atoms with van der Waals surface area (Å²) in [6.07, 6.45) is 3.94.